The molecule has 0 unspecified atom stereocenters. The number of aliphatic hydroxyl groups is 3. The molecule has 2 fully saturated rings. The number of methoxy groups -OCH3 is 1. The summed E-state index contributed by atoms with van der Waals surface area (Å²) in [6.07, 6.45) is -3.59. The van der Waals surface area contributed by atoms with Crippen LogP contribution < -0.4 is 5.32 Å². The molecule has 0 bridgehead atoms. The number of esters is 2. The van der Waals surface area contributed by atoms with Crippen molar-refractivity contribution in [2.24, 2.45) is 17.8 Å². The minimum Gasteiger partial charge on any atom is -0.461 e. The highest BCUT2D eigenvalue weighted by molar-refractivity contribution is 5.79. The Kier molecular flexibility index (Phi) is 15.0. The van der Waals surface area contributed by atoms with Gasteiger partial charge in [0, 0.05) is 37.5 Å². The molecule has 0 radical (unpaired) electrons. The van der Waals surface area contributed by atoms with Gasteiger partial charge in [0.15, 0.2) is 6.29 Å². The van der Waals surface area contributed by atoms with Gasteiger partial charge in [-0.05, 0) is 85.7 Å². The van der Waals surface area contributed by atoms with Crippen molar-refractivity contribution in [3.05, 3.63) is 30.1 Å². The Morgan fingerprint density at radius 3 is 2.27 bits per heavy atom. The molecule has 1 amide bonds. The summed E-state index contributed by atoms with van der Waals surface area (Å²) in [5.74, 6) is -4.94. The molecule has 1 aromatic rings. The van der Waals surface area contributed by atoms with Crippen molar-refractivity contribution in [3.8, 4) is 0 Å². The lowest BCUT2D eigenvalue weighted by Gasteiger charge is -2.48. The maximum Gasteiger partial charge on any atom is 0.312 e. The van der Waals surface area contributed by atoms with E-state index in [1.165, 1.54) is 21.0 Å². The molecule has 14 nitrogen and oxygen atoms in total. The molecule has 2 saturated heterocycles. The van der Waals surface area contributed by atoms with Crippen molar-refractivity contribution in [3.63, 3.8) is 0 Å². The molecule has 0 saturated carbocycles. The summed E-state index contributed by atoms with van der Waals surface area (Å²) in [6.45, 7) is 13.3. The number of nitrogens with zero attached hydrogens (tertiary/aromatic N) is 2. The van der Waals surface area contributed by atoms with Gasteiger partial charge < -0.3 is 49.2 Å². The number of aromatic nitrogens is 1. The number of cyclic esters (lactones) is 1. The number of carbonyl (C=O) groups excluding carboxylic acids is 3. The van der Waals surface area contributed by atoms with Crippen molar-refractivity contribution in [2.75, 3.05) is 21.2 Å². The highest BCUT2D eigenvalue weighted by Crippen LogP contribution is 2.38. The number of ether oxygens (including phenoxy) is 5. The summed E-state index contributed by atoms with van der Waals surface area (Å²) < 4.78 is 31.1. The first-order valence-corrected chi connectivity index (χ1v) is 18.0. The van der Waals surface area contributed by atoms with Gasteiger partial charge in [-0.15, -0.1) is 0 Å². The van der Waals surface area contributed by atoms with Gasteiger partial charge in [0.05, 0.1) is 42.2 Å². The van der Waals surface area contributed by atoms with E-state index in [0.29, 0.717) is 12.0 Å². The third kappa shape index (κ3) is 10.2. The fourth-order valence-electron chi connectivity index (χ4n) is 7.51. The smallest absolute Gasteiger partial charge is 0.312 e. The third-order valence-corrected chi connectivity index (χ3v) is 10.7. The molecule has 4 N–H and O–H groups in total. The number of hydrogen-bond acceptors (Lipinski definition) is 13. The first kappa shape index (κ1) is 42.7. The van der Waals surface area contributed by atoms with Crippen LogP contribution in [0.1, 0.15) is 80.2 Å². The first-order chi connectivity index (χ1) is 23.8. The molecule has 0 spiro atoms. The Labute approximate surface area is 302 Å². The number of nitrogens with one attached hydrogen (secondary N) is 1. The summed E-state index contributed by atoms with van der Waals surface area (Å²) in [5, 5.41) is 37.2. The summed E-state index contributed by atoms with van der Waals surface area (Å²) in [6, 6.07) is 2.53. The van der Waals surface area contributed by atoms with E-state index in [4.69, 9.17) is 23.7 Å². The van der Waals surface area contributed by atoms with Gasteiger partial charge in [-0.3, -0.25) is 19.4 Å². The van der Waals surface area contributed by atoms with E-state index < -0.39 is 89.7 Å². The van der Waals surface area contributed by atoms with Crippen molar-refractivity contribution in [2.45, 2.75) is 147 Å². The lowest BCUT2D eigenvalue weighted by molar-refractivity contribution is -0.301. The Hall–Kier alpha value is -2.72. The van der Waals surface area contributed by atoms with E-state index in [0.717, 1.165) is 0 Å². The van der Waals surface area contributed by atoms with Gasteiger partial charge in [0.1, 0.15) is 23.9 Å². The second-order valence-electron chi connectivity index (χ2n) is 15.2. The molecule has 1 aromatic heterocycles. The maximum absolute atomic E-state index is 14.0. The lowest BCUT2D eigenvalue weighted by atomic mass is 9.78. The molecule has 0 aromatic carbocycles. The summed E-state index contributed by atoms with van der Waals surface area (Å²) in [4.78, 5) is 47.0. The zero-order chi connectivity index (χ0) is 38.4. The minimum absolute atomic E-state index is 0.105. The van der Waals surface area contributed by atoms with E-state index in [9.17, 15) is 29.7 Å². The normalized spacial score (nSPS) is 40.5. The van der Waals surface area contributed by atoms with Crippen molar-refractivity contribution in [1.29, 1.82) is 0 Å². The molecule has 51 heavy (non-hydrogen) atoms. The molecular weight excluding hydrogens is 662 g/mol. The number of carbonyl (C=O) groups is 3. The van der Waals surface area contributed by atoms with Crippen molar-refractivity contribution >= 4 is 17.8 Å². The molecule has 2 aliphatic rings. The zero-order valence-electron chi connectivity index (χ0n) is 32.1. The molecule has 290 valence electrons. The third-order valence-electron chi connectivity index (χ3n) is 10.7. The standard InChI is InChI=1S/C37H61N3O11/c1-12-27-37(8,46)31(43)24(6)33(44)39-20(2)19-36(7,47-11)32(51-35-29(42)26(40(9)10)17-21(3)48-35)22(4)30(23(5)34(45)49-27)50-28(41)18-25-13-15-38-16-14-25/h13-16,20-24,26-27,29-32,35,42-43,46H,12,17-19H2,1-11H3,(H,39,44)/t20-,21-,22+,23-,24-,26+,27-,29-,30+,31-,32-,35+,36-,37-/m1/s1. The molecule has 3 heterocycles. The Morgan fingerprint density at radius 2 is 1.71 bits per heavy atom. The first-order valence-electron chi connectivity index (χ1n) is 18.0. The number of pyridine rings is 1. The SMILES string of the molecule is CC[C@H]1OC(=O)[C@H](C)[C@@H](OC(=O)Cc2ccncc2)[C@H](C)[C@@H](O[C@@H]2O[C@H](C)C[C@H](N(C)C)[C@H]2O)[C@](C)(OC)C[C@@H](C)NC(=O)[C@H](C)[C@@H](O)[C@]1(C)O. The minimum atomic E-state index is -2.01. The Balaban J connectivity index is 2.18. The topological polar surface area (TPSA) is 186 Å². The fourth-order valence-corrected chi connectivity index (χ4v) is 7.51. The van der Waals surface area contributed by atoms with Crippen LogP contribution in [0.5, 0.6) is 0 Å². The number of amides is 1. The molecule has 14 atom stereocenters. The summed E-state index contributed by atoms with van der Waals surface area (Å²) in [7, 11) is 5.22. The van der Waals surface area contributed by atoms with Gasteiger partial charge >= 0.3 is 11.9 Å². The second-order valence-corrected chi connectivity index (χ2v) is 15.2. The Morgan fingerprint density at radius 1 is 1.08 bits per heavy atom. The van der Waals surface area contributed by atoms with Crippen LogP contribution in [0.15, 0.2) is 24.5 Å². The lowest BCUT2D eigenvalue weighted by Crippen LogP contribution is -2.60. The van der Waals surface area contributed by atoms with Crippen LogP contribution in [-0.2, 0) is 44.5 Å². The van der Waals surface area contributed by atoms with Gasteiger partial charge in [-0.2, -0.15) is 0 Å². The highest BCUT2D eigenvalue weighted by atomic mass is 16.7. The van der Waals surface area contributed by atoms with Crippen LogP contribution >= 0.6 is 0 Å². The molecule has 0 aliphatic carbocycles. The van der Waals surface area contributed by atoms with E-state index in [2.05, 4.69) is 10.3 Å². The van der Waals surface area contributed by atoms with Gasteiger partial charge in [-0.1, -0.05) is 20.8 Å². The van der Waals surface area contributed by atoms with Crippen LogP contribution in [0.2, 0.25) is 0 Å². The highest BCUT2D eigenvalue weighted by Gasteiger charge is 2.52. The van der Waals surface area contributed by atoms with E-state index in [1.54, 1.807) is 59.1 Å². The Bertz CT molecular complexity index is 1300. The molecule has 3 rings (SSSR count). The van der Waals surface area contributed by atoms with Crippen LogP contribution in [0.3, 0.4) is 0 Å². The van der Waals surface area contributed by atoms with Crippen molar-refractivity contribution < 1.29 is 53.4 Å². The molecule has 14 heteroatoms. The fraction of sp³-hybridized carbons (Fsp3) is 0.784. The van der Waals surface area contributed by atoms with Gasteiger partial charge in [0.2, 0.25) is 5.91 Å². The zero-order valence-corrected chi connectivity index (χ0v) is 32.1. The summed E-state index contributed by atoms with van der Waals surface area (Å²) >= 11 is 0. The summed E-state index contributed by atoms with van der Waals surface area (Å²) in [5.41, 5.74) is -2.59. The number of aliphatic hydroxyl groups excluding tert-OH is 2. The van der Waals surface area contributed by atoms with E-state index in [-0.39, 0.29) is 31.4 Å². The van der Waals surface area contributed by atoms with Crippen LogP contribution in [0.4, 0.5) is 0 Å². The quantitative estimate of drug-likeness (QED) is 0.286. The van der Waals surface area contributed by atoms with Crippen LogP contribution in [-0.4, -0.2) is 130 Å². The van der Waals surface area contributed by atoms with E-state index in [1.807, 2.05) is 25.9 Å². The number of rotatable bonds is 8. The molecule has 2 aliphatic heterocycles. The van der Waals surface area contributed by atoms with Crippen LogP contribution in [0.25, 0.3) is 0 Å². The maximum atomic E-state index is 14.0. The monoisotopic (exact) mass is 723 g/mol. The van der Waals surface area contributed by atoms with Gasteiger partial charge in [0.25, 0.3) is 0 Å². The largest absolute Gasteiger partial charge is 0.461 e. The number of likely N-dealkylation sites (N-methyl/N-ethyl adjacent to an activating group) is 1. The van der Waals surface area contributed by atoms with E-state index >= 15 is 0 Å². The second kappa shape index (κ2) is 17.9. The van der Waals surface area contributed by atoms with Gasteiger partial charge in [-0.25, -0.2) is 0 Å². The predicted octanol–water partition coefficient (Wildman–Crippen LogP) is 2.00. The van der Waals surface area contributed by atoms with Crippen LogP contribution in [0, 0.1) is 17.8 Å². The average molecular weight is 724 g/mol. The average Bonchev–Trinajstić information content (AvgIpc) is 3.07. The predicted molar refractivity (Wildman–Crippen MR) is 187 cm³/mol. The molecular formula is C37H61N3O11. The number of hydrogen-bond donors (Lipinski definition) is 4. The van der Waals surface area contributed by atoms with Crippen molar-refractivity contribution in [1.82, 2.24) is 15.2 Å².